The zero-order chi connectivity index (χ0) is 15.0. The fraction of sp³-hybridized carbons (Fsp3) is 1.00. The fourth-order valence-corrected chi connectivity index (χ4v) is 2.58. The Labute approximate surface area is 124 Å². The number of aliphatic hydroxyl groups is 1. The van der Waals surface area contributed by atoms with E-state index in [1.807, 2.05) is 0 Å². The number of aliphatic hydroxyl groups excluding tert-OH is 1. The maximum Gasteiger partial charge on any atom is 0.0897 e. The fourth-order valence-electron chi connectivity index (χ4n) is 2.58. The van der Waals surface area contributed by atoms with Gasteiger partial charge in [-0.1, -0.05) is 13.8 Å². The minimum absolute atomic E-state index is 0.0474. The second kappa shape index (κ2) is 8.98. The first kappa shape index (κ1) is 17.9. The molecule has 120 valence electrons. The molecule has 0 bridgehead atoms. The molecule has 2 atom stereocenters. The van der Waals surface area contributed by atoms with E-state index in [0.717, 1.165) is 38.4 Å². The second-order valence-corrected chi connectivity index (χ2v) is 6.97. The predicted molar refractivity (Wildman–Crippen MR) is 82.0 cm³/mol. The van der Waals surface area contributed by atoms with Gasteiger partial charge in [0, 0.05) is 25.8 Å². The summed E-state index contributed by atoms with van der Waals surface area (Å²) in [6, 6.07) is 0.439. The SMILES string of the molecule is CC(C)CCCOCC(O)CNC1CCOC(C)(C)C1. The monoisotopic (exact) mass is 287 g/mol. The van der Waals surface area contributed by atoms with Gasteiger partial charge in [0.1, 0.15) is 0 Å². The van der Waals surface area contributed by atoms with Crippen molar-refractivity contribution in [2.75, 3.05) is 26.4 Å². The molecular weight excluding hydrogens is 254 g/mol. The Balaban J connectivity index is 2.03. The van der Waals surface area contributed by atoms with Gasteiger partial charge in [0.05, 0.1) is 18.3 Å². The van der Waals surface area contributed by atoms with Crippen molar-refractivity contribution in [2.45, 2.75) is 71.1 Å². The highest BCUT2D eigenvalue weighted by molar-refractivity contribution is 4.83. The van der Waals surface area contributed by atoms with E-state index in [-0.39, 0.29) is 5.60 Å². The molecule has 1 aliphatic heterocycles. The molecule has 4 nitrogen and oxygen atoms in total. The van der Waals surface area contributed by atoms with E-state index in [1.54, 1.807) is 0 Å². The summed E-state index contributed by atoms with van der Waals surface area (Å²) < 4.78 is 11.2. The lowest BCUT2D eigenvalue weighted by atomic mass is 9.94. The van der Waals surface area contributed by atoms with Crippen LogP contribution in [0, 0.1) is 5.92 Å². The third-order valence-electron chi connectivity index (χ3n) is 3.72. The Kier molecular flexibility index (Phi) is 8.03. The highest BCUT2D eigenvalue weighted by atomic mass is 16.5. The van der Waals surface area contributed by atoms with Gasteiger partial charge in [0.25, 0.3) is 0 Å². The molecule has 0 spiro atoms. The molecule has 0 aromatic heterocycles. The maximum atomic E-state index is 9.90. The minimum atomic E-state index is -0.417. The molecule has 1 aliphatic rings. The first-order chi connectivity index (χ1) is 9.39. The first-order valence-electron chi connectivity index (χ1n) is 8.02. The molecule has 1 heterocycles. The Bertz CT molecular complexity index is 256. The number of rotatable bonds is 9. The van der Waals surface area contributed by atoms with Gasteiger partial charge in [-0.05, 0) is 45.4 Å². The topological polar surface area (TPSA) is 50.7 Å². The normalized spacial score (nSPS) is 24.0. The molecule has 4 heteroatoms. The zero-order valence-corrected chi connectivity index (χ0v) is 13.7. The summed E-state index contributed by atoms with van der Waals surface area (Å²) in [5, 5.41) is 13.3. The van der Waals surface area contributed by atoms with Crippen LogP contribution in [-0.4, -0.2) is 49.2 Å². The number of ether oxygens (including phenoxy) is 2. The van der Waals surface area contributed by atoms with E-state index in [0.29, 0.717) is 19.2 Å². The van der Waals surface area contributed by atoms with E-state index < -0.39 is 6.10 Å². The summed E-state index contributed by atoms with van der Waals surface area (Å²) in [6.45, 7) is 11.3. The van der Waals surface area contributed by atoms with Gasteiger partial charge in [-0.15, -0.1) is 0 Å². The molecule has 2 N–H and O–H groups in total. The average Bonchev–Trinajstić information content (AvgIpc) is 2.34. The molecule has 0 amide bonds. The summed E-state index contributed by atoms with van der Waals surface area (Å²) in [7, 11) is 0. The largest absolute Gasteiger partial charge is 0.389 e. The van der Waals surface area contributed by atoms with Crippen molar-refractivity contribution in [2.24, 2.45) is 5.92 Å². The lowest BCUT2D eigenvalue weighted by molar-refractivity contribution is -0.0647. The van der Waals surface area contributed by atoms with Crippen LogP contribution in [0.2, 0.25) is 0 Å². The molecular formula is C16H33NO3. The van der Waals surface area contributed by atoms with Gasteiger partial charge in [-0.2, -0.15) is 0 Å². The molecule has 0 aromatic rings. The van der Waals surface area contributed by atoms with E-state index in [9.17, 15) is 5.11 Å². The highest BCUT2D eigenvalue weighted by Crippen LogP contribution is 2.23. The van der Waals surface area contributed by atoms with Crippen LogP contribution in [0.5, 0.6) is 0 Å². The van der Waals surface area contributed by atoms with Crippen LogP contribution in [0.25, 0.3) is 0 Å². The number of hydrogen-bond donors (Lipinski definition) is 2. The molecule has 1 saturated heterocycles. The average molecular weight is 287 g/mol. The van der Waals surface area contributed by atoms with Crippen molar-refractivity contribution in [1.29, 1.82) is 0 Å². The molecule has 1 rings (SSSR count). The molecule has 2 unspecified atom stereocenters. The Morgan fingerprint density at radius 1 is 1.40 bits per heavy atom. The van der Waals surface area contributed by atoms with Crippen molar-refractivity contribution >= 4 is 0 Å². The molecule has 0 saturated carbocycles. The van der Waals surface area contributed by atoms with Crippen molar-refractivity contribution in [1.82, 2.24) is 5.32 Å². The lowest BCUT2D eigenvalue weighted by Gasteiger charge is -2.36. The van der Waals surface area contributed by atoms with Gasteiger partial charge in [0.15, 0.2) is 0 Å². The second-order valence-electron chi connectivity index (χ2n) is 6.97. The molecule has 20 heavy (non-hydrogen) atoms. The Hall–Kier alpha value is -0.160. The summed E-state index contributed by atoms with van der Waals surface area (Å²) in [5.41, 5.74) is -0.0474. The zero-order valence-electron chi connectivity index (χ0n) is 13.7. The molecule has 0 aliphatic carbocycles. The molecule has 0 radical (unpaired) electrons. The molecule has 1 fully saturated rings. The van der Waals surface area contributed by atoms with Crippen molar-refractivity contribution in [3.05, 3.63) is 0 Å². The van der Waals surface area contributed by atoms with Gasteiger partial charge in [-0.3, -0.25) is 0 Å². The minimum Gasteiger partial charge on any atom is -0.389 e. The summed E-state index contributed by atoms with van der Waals surface area (Å²) in [5.74, 6) is 0.724. The van der Waals surface area contributed by atoms with E-state index in [4.69, 9.17) is 9.47 Å². The van der Waals surface area contributed by atoms with Crippen molar-refractivity contribution in [3.63, 3.8) is 0 Å². The first-order valence-corrected chi connectivity index (χ1v) is 8.02. The van der Waals surface area contributed by atoms with Gasteiger partial charge >= 0.3 is 0 Å². The lowest BCUT2D eigenvalue weighted by Crippen LogP contribution is -2.46. The summed E-state index contributed by atoms with van der Waals surface area (Å²) >= 11 is 0. The van der Waals surface area contributed by atoms with E-state index >= 15 is 0 Å². The van der Waals surface area contributed by atoms with Crippen molar-refractivity contribution in [3.8, 4) is 0 Å². The number of hydrogen-bond acceptors (Lipinski definition) is 4. The van der Waals surface area contributed by atoms with Crippen LogP contribution in [0.1, 0.15) is 53.4 Å². The van der Waals surface area contributed by atoms with E-state index in [2.05, 4.69) is 33.0 Å². The quantitative estimate of drug-likeness (QED) is 0.639. The van der Waals surface area contributed by atoms with E-state index in [1.165, 1.54) is 6.42 Å². The Morgan fingerprint density at radius 2 is 2.15 bits per heavy atom. The predicted octanol–water partition coefficient (Wildman–Crippen LogP) is 2.35. The number of nitrogens with one attached hydrogen (secondary N) is 1. The van der Waals surface area contributed by atoms with Crippen LogP contribution in [0.4, 0.5) is 0 Å². The van der Waals surface area contributed by atoms with Crippen LogP contribution in [-0.2, 0) is 9.47 Å². The smallest absolute Gasteiger partial charge is 0.0897 e. The van der Waals surface area contributed by atoms with Gasteiger partial charge in [-0.25, -0.2) is 0 Å². The maximum absolute atomic E-state index is 9.90. The van der Waals surface area contributed by atoms with Gasteiger partial charge < -0.3 is 19.9 Å². The van der Waals surface area contributed by atoms with Gasteiger partial charge in [0.2, 0.25) is 0 Å². The third-order valence-corrected chi connectivity index (χ3v) is 3.72. The molecule has 0 aromatic carbocycles. The summed E-state index contributed by atoms with van der Waals surface area (Å²) in [4.78, 5) is 0. The van der Waals surface area contributed by atoms with Crippen LogP contribution in [0.15, 0.2) is 0 Å². The van der Waals surface area contributed by atoms with Crippen molar-refractivity contribution < 1.29 is 14.6 Å². The highest BCUT2D eigenvalue weighted by Gasteiger charge is 2.28. The third kappa shape index (κ3) is 8.20. The van der Waals surface area contributed by atoms with Crippen LogP contribution in [0.3, 0.4) is 0 Å². The van der Waals surface area contributed by atoms with Crippen LogP contribution < -0.4 is 5.32 Å². The summed E-state index contributed by atoms with van der Waals surface area (Å²) in [6.07, 6.45) is 3.86. The van der Waals surface area contributed by atoms with Crippen LogP contribution >= 0.6 is 0 Å². The Morgan fingerprint density at radius 3 is 2.80 bits per heavy atom. The standard InChI is InChI=1S/C16H33NO3/c1-13(2)6-5-8-19-12-15(18)11-17-14-7-9-20-16(3,4)10-14/h13-15,17-18H,5-12H2,1-4H3.